The molecule has 2 N–H and O–H groups in total. The molecule has 0 aromatic carbocycles. The number of pyridine rings is 1. The van der Waals surface area contributed by atoms with Gasteiger partial charge in [0.2, 0.25) is 0 Å². The van der Waals surface area contributed by atoms with E-state index in [-0.39, 0.29) is 5.49 Å². The Hall–Kier alpha value is -0.520. The molecule has 0 aliphatic rings. The number of aryl methyl sites for hydroxylation is 1. The molecule has 54 valence electrons. The minimum absolute atomic E-state index is 0.109. The van der Waals surface area contributed by atoms with E-state index in [9.17, 15) is 0 Å². The lowest BCUT2D eigenvalue weighted by Crippen LogP contribution is -2.17. The summed E-state index contributed by atoms with van der Waals surface area (Å²) < 4.78 is 1.76. The van der Waals surface area contributed by atoms with E-state index in [2.05, 4.69) is 22.6 Å². The average Bonchev–Trinajstić information content (AvgIpc) is 1.84. The molecule has 0 saturated carbocycles. The highest BCUT2D eigenvalue weighted by atomic mass is 127. The van der Waals surface area contributed by atoms with Crippen molar-refractivity contribution in [1.82, 2.24) is 4.73 Å². The molecule has 3 nitrogen and oxygen atoms in total. The molecule has 0 spiro atoms. The van der Waals surface area contributed by atoms with Crippen molar-refractivity contribution in [3.8, 4) is 0 Å². The smallest absolute Gasteiger partial charge is 0.160 e. The third-order valence-corrected chi connectivity index (χ3v) is 2.34. The van der Waals surface area contributed by atoms with Gasteiger partial charge in [-0.3, -0.25) is 5.41 Å². The molecule has 1 aromatic rings. The van der Waals surface area contributed by atoms with Crippen molar-refractivity contribution >= 4 is 22.6 Å². The molecule has 0 aliphatic heterocycles. The van der Waals surface area contributed by atoms with Crippen molar-refractivity contribution in [2.75, 3.05) is 0 Å². The number of halogens is 1. The van der Waals surface area contributed by atoms with E-state index in [1.165, 1.54) is 6.20 Å². The van der Waals surface area contributed by atoms with Crippen molar-refractivity contribution < 1.29 is 5.21 Å². The number of nitrogens with zero attached hydrogens (tertiary/aromatic N) is 1. The predicted molar refractivity (Wildman–Crippen MR) is 44.9 cm³/mol. The zero-order valence-corrected chi connectivity index (χ0v) is 7.58. The Morgan fingerprint density at radius 1 is 1.70 bits per heavy atom. The molecule has 0 atom stereocenters. The Labute approximate surface area is 71.9 Å². The fourth-order valence-electron chi connectivity index (χ4n) is 0.619. The Morgan fingerprint density at radius 3 is 2.80 bits per heavy atom. The minimum atomic E-state index is 0.109. The summed E-state index contributed by atoms with van der Waals surface area (Å²) in [5.41, 5.74) is 1.12. The second-order valence-electron chi connectivity index (χ2n) is 2.03. The fraction of sp³-hybridized carbons (Fsp3) is 0.167. The first-order valence-electron chi connectivity index (χ1n) is 2.74. The van der Waals surface area contributed by atoms with Gasteiger partial charge in [0.05, 0.1) is 6.20 Å². The first-order valence-corrected chi connectivity index (χ1v) is 3.82. The predicted octanol–water partition coefficient (Wildman–Crippen LogP) is 1.12. The SMILES string of the molecule is Cc1cc(=N)n(O)cc1I. The van der Waals surface area contributed by atoms with Crippen LogP contribution < -0.4 is 5.49 Å². The van der Waals surface area contributed by atoms with Gasteiger partial charge in [-0.15, -0.1) is 0 Å². The van der Waals surface area contributed by atoms with E-state index in [0.29, 0.717) is 0 Å². The average molecular weight is 250 g/mol. The molecule has 0 radical (unpaired) electrons. The molecular weight excluding hydrogens is 243 g/mol. The highest BCUT2D eigenvalue weighted by molar-refractivity contribution is 14.1. The van der Waals surface area contributed by atoms with Crippen LogP contribution in [0.3, 0.4) is 0 Å². The van der Waals surface area contributed by atoms with Crippen LogP contribution in [0.25, 0.3) is 0 Å². The van der Waals surface area contributed by atoms with Gasteiger partial charge in [0.15, 0.2) is 5.49 Å². The van der Waals surface area contributed by atoms with Gasteiger partial charge in [0.1, 0.15) is 0 Å². The van der Waals surface area contributed by atoms with E-state index in [1.807, 2.05) is 6.92 Å². The lowest BCUT2D eigenvalue weighted by Gasteiger charge is -1.99. The molecule has 0 fully saturated rings. The van der Waals surface area contributed by atoms with Gasteiger partial charge in [-0.1, -0.05) is 0 Å². The Balaban J connectivity index is 3.43. The summed E-state index contributed by atoms with van der Waals surface area (Å²) in [5.74, 6) is 0. The zero-order valence-electron chi connectivity index (χ0n) is 5.43. The largest absolute Gasteiger partial charge is 0.427 e. The maximum absolute atomic E-state index is 8.95. The maximum atomic E-state index is 8.95. The van der Waals surface area contributed by atoms with Gasteiger partial charge in [-0.25, -0.2) is 0 Å². The van der Waals surface area contributed by atoms with Crippen molar-refractivity contribution in [2.24, 2.45) is 0 Å². The van der Waals surface area contributed by atoms with Crippen LogP contribution in [0.4, 0.5) is 0 Å². The number of hydrogen-bond donors (Lipinski definition) is 2. The van der Waals surface area contributed by atoms with E-state index >= 15 is 0 Å². The van der Waals surface area contributed by atoms with Crippen molar-refractivity contribution in [3.05, 3.63) is 26.9 Å². The number of rotatable bonds is 0. The molecule has 0 amide bonds. The van der Waals surface area contributed by atoms with Crippen LogP contribution >= 0.6 is 22.6 Å². The van der Waals surface area contributed by atoms with E-state index in [1.54, 1.807) is 6.07 Å². The highest BCUT2D eigenvalue weighted by Gasteiger charge is 1.94. The van der Waals surface area contributed by atoms with E-state index in [0.717, 1.165) is 13.9 Å². The van der Waals surface area contributed by atoms with Gasteiger partial charge in [-0.05, 0) is 41.1 Å². The third kappa shape index (κ3) is 1.31. The maximum Gasteiger partial charge on any atom is 0.160 e. The summed E-state index contributed by atoms with van der Waals surface area (Å²) in [4.78, 5) is 0. The van der Waals surface area contributed by atoms with Crippen molar-refractivity contribution in [2.45, 2.75) is 6.92 Å². The van der Waals surface area contributed by atoms with Crippen molar-refractivity contribution in [1.29, 1.82) is 5.41 Å². The summed E-state index contributed by atoms with van der Waals surface area (Å²) >= 11 is 2.10. The second-order valence-corrected chi connectivity index (χ2v) is 3.20. The molecular formula is C6H7IN2O. The summed E-state index contributed by atoms with van der Waals surface area (Å²) in [5, 5.41) is 16.1. The number of aromatic nitrogens is 1. The number of nitrogens with one attached hydrogen (secondary N) is 1. The summed E-state index contributed by atoms with van der Waals surface area (Å²) in [7, 11) is 0. The lowest BCUT2D eigenvalue weighted by atomic mass is 10.3. The summed E-state index contributed by atoms with van der Waals surface area (Å²) in [6.07, 6.45) is 1.51. The zero-order chi connectivity index (χ0) is 7.72. The monoisotopic (exact) mass is 250 g/mol. The summed E-state index contributed by atoms with van der Waals surface area (Å²) in [6, 6.07) is 1.61. The van der Waals surface area contributed by atoms with E-state index < -0.39 is 0 Å². The van der Waals surface area contributed by atoms with Crippen LogP contribution in [0.2, 0.25) is 0 Å². The van der Waals surface area contributed by atoms with Gasteiger partial charge in [0.25, 0.3) is 0 Å². The fourth-order valence-corrected chi connectivity index (χ4v) is 1.04. The molecule has 0 aliphatic carbocycles. The molecule has 0 unspecified atom stereocenters. The molecule has 1 aromatic heterocycles. The number of hydrogen-bond acceptors (Lipinski definition) is 2. The van der Waals surface area contributed by atoms with Gasteiger partial charge in [0, 0.05) is 3.57 Å². The standard InChI is InChI=1S/C6H7IN2O/c1-4-2-6(8)9(10)3-5(4)7/h2-3,8,10H,1H3. The molecule has 10 heavy (non-hydrogen) atoms. The normalized spacial score (nSPS) is 9.80. The van der Waals surface area contributed by atoms with Gasteiger partial charge >= 0.3 is 0 Å². The van der Waals surface area contributed by atoms with E-state index in [4.69, 9.17) is 10.6 Å². The van der Waals surface area contributed by atoms with Crippen LogP contribution in [0, 0.1) is 15.9 Å². The highest BCUT2D eigenvalue weighted by Crippen LogP contribution is 2.05. The second kappa shape index (κ2) is 2.61. The first kappa shape index (κ1) is 7.59. The molecule has 1 rings (SSSR count). The van der Waals surface area contributed by atoms with Crippen LogP contribution in [-0.2, 0) is 0 Å². The molecule has 4 heteroatoms. The quantitative estimate of drug-likeness (QED) is 0.526. The van der Waals surface area contributed by atoms with Crippen LogP contribution in [0.1, 0.15) is 5.56 Å². The Morgan fingerprint density at radius 2 is 2.30 bits per heavy atom. The minimum Gasteiger partial charge on any atom is -0.427 e. The third-order valence-electron chi connectivity index (χ3n) is 1.21. The van der Waals surface area contributed by atoms with Crippen LogP contribution in [-0.4, -0.2) is 9.94 Å². The van der Waals surface area contributed by atoms with Crippen LogP contribution in [0.15, 0.2) is 12.3 Å². The van der Waals surface area contributed by atoms with Crippen molar-refractivity contribution in [3.63, 3.8) is 0 Å². The molecule has 0 bridgehead atoms. The lowest BCUT2D eigenvalue weighted by molar-refractivity contribution is 0.169. The topological polar surface area (TPSA) is 49.0 Å². The Kier molecular flexibility index (Phi) is 1.98. The molecule has 0 saturated heterocycles. The summed E-state index contributed by atoms with van der Waals surface area (Å²) in [6.45, 7) is 1.90. The molecule has 1 heterocycles. The van der Waals surface area contributed by atoms with Gasteiger partial charge < -0.3 is 5.21 Å². The van der Waals surface area contributed by atoms with Gasteiger partial charge in [-0.2, -0.15) is 4.73 Å². The van der Waals surface area contributed by atoms with Crippen LogP contribution in [0.5, 0.6) is 0 Å². The first-order chi connectivity index (χ1) is 4.61. The Bertz CT molecular complexity index is 305.